The molecule has 0 amide bonds. The summed E-state index contributed by atoms with van der Waals surface area (Å²) in [6.07, 6.45) is 2.80. The van der Waals surface area contributed by atoms with Crippen LogP contribution in [0.3, 0.4) is 0 Å². The maximum Gasteiger partial charge on any atom is 0.219 e. The van der Waals surface area contributed by atoms with E-state index in [-0.39, 0.29) is 5.82 Å². The first-order chi connectivity index (χ1) is 9.69. The average Bonchev–Trinajstić information content (AvgIpc) is 2.43. The van der Waals surface area contributed by atoms with Crippen LogP contribution in [0.1, 0.15) is 18.9 Å². The number of nitrogens with zero attached hydrogens (tertiary/aromatic N) is 1. The number of nitrogens with one attached hydrogen (secondary N) is 1. The SMILES string of the molecule is CCCNCc1ccnc(Oc2ccc(F)cc2Br)c1. The number of aromatic nitrogens is 1. The predicted octanol–water partition coefficient (Wildman–Crippen LogP) is 4.28. The topological polar surface area (TPSA) is 34.2 Å². The van der Waals surface area contributed by atoms with Gasteiger partial charge in [-0.15, -0.1) is 0 Å². The normalized spacial score (nSPS) is 10.6. The number of benzene rings is 1. The first kappa shape index (κ1) is 14.9. The van der Waals surface area contributed by atoms with Crippen molar-refractivity contribution in [1.29, 1.82) is 0 Å². The van der Waals surface area contributed by atoms with E-state index >= 15 is 0 Å². The van der Waals surface area contributed by atoms with Gasteiger partial charge in [0, 0.05) is 18.8 Å². The van der Waals surface area contributed by atoms with Crippen LogP contribution in [0, 0.1) is 5.82 Å². The molecule has 2 rings (SSSR count). The molecule has 0 saturated heterocycles. The molecule has 1 aromatic heterocycles. The molecule has 3 nitrogen and oxygen atoms in total. The third kappa shape index (κ3) is 4.28. The highest BCUT2D eigenvalue weighted by atomic mass is 79.9. The van der Waals surface area contributed by atoms with Gasteiger partial charge in [0.2, 0.25) is 5.88 Å². The third-order valence-corrected chi connectivity index (χ3v) is 3.28. The Labute approximate surface area is 126 Å². The van der Waals surface area contributed by atoms with Gasteiger partial charge in [0.1, 0.15) is 11.6 Å². The lowest BCUT2D eigenvalue weighted by Crippen LogP contribution is -2.13. The first-order valence-corrected chi connectivity index (χ1v) is 7.27. The number of halogens is 2. The summed E-state index contributed by atoms with van der Waals surface area (Å²) in [4.78, 5) is 4.16. The van der Waals surface area contributed by atoms with E-state index in [0.717, 1.165) is 25.1 Å². The minimum absolute atomic E-state index is 0.310. The Bertz CT molecular complexity index is 578. The van der Waals surface area contributed by atoms with Gasteiger partial charge in [-0.3, -0.25) is 0 Å². The van der Waals surface area contributed by atoms with Gasteiger partial charge < -0.3 is 10.1 Å². The Morgan fingerprint density at radius 1 is 1.30 bits per heavy atom. The maximum atomic E-state index is 13.0. The highest BCUT2D eigenvalue weighted by Crippen LogP contribution is 2.29. The number of pyridine rings is 1. The lowest BCUT2D eigenvalue weighted by atomic mass is 10.2. The molecule has 5 heteroatoms. The quantitative estimate of drug-likeness (QED) is 0.798. The van der Waals surface area contributed by atoms with Crippen molar-refractivity contribution in [3.05, 3.63) is 52.4 Å². The highest BCUT2D eigenvalue weighted by Gasteiger charge is 2.05. The molecule has 0 aliphatic rings. The summed E-state index contributed by atoms with van der Waals surface area (Å²) in [6, 6.07) is 8.10. The Morgan fingerprint density at radius 2 is 2.15 bits per heavy atom. The molecule has 0 fully saturated rings. The zero-order valence-corrected chi connectivity index (χ0v) is 12.8. The molecular weight excluding hydrogens is 323 g/mol. The van der Waals surface area contributed by atoms with Crippen molar-refractivity contribution in [1.82, 2.24) is 10.3 Å². The van der Waals surface area contributed by atoms with Crippen LogP contribution in [0.25, 0.3) is 0 Å². The standard InChI is InChI=1S/C15H16BrFN2O/c1-2-6-18-10-11-5-7-19-15(8-11)20-14-4-3-12(17)9-13(14)16/h3-5,7-9,18H,2,6,10H2,1H3. The molecular formula is C15H16BrFN2O. The Kier molecular flexibility index (Phi) is 5.49. The van der Waals surface area contributed by atoms with E-state index in [4.69, 9.17) is 4.74 Å². The molecule has 0 aliphatic heterocycles. The Hall–Kier alpha value is -1.46. The molecule has 0 spiro atoms. The van der Waals surface area contributed by atoms with Crippen molar-refractivity contribution < 1.29 is 9.13 Å². The summed E-state index contributed by atoms with van der Waals surface area (Å²) in [5.74, 6) is 0.723. The molecule has 0 atom stereocenters. The van der Waals surface area contributed by atoms with Gasteiger partial charge in [0.25, 0.3) is 0 Å². The van der Waals surface area contributed by atoms with E-state index < -0.39 is 0 Å². The summed E-state index contributed by atoms with van der Waals surface area (Å²) in [5, 5.41) is 3.32. The van der Waals surface area contributed by atoms with Crippen LogP contribution in [-0.2, 0) is 6.54 Å². The minimum Gasteiger partial charge on any atom is -0.438 e. The fourth-order valence-electron chi connectivity index (χ4n) is 1.70. The molecule has 0 unspecified atom stereocenters. The largest absolute Gasteiger partial charge is 0.438 e. The smallest absolute Gasteiger partial charge is 0.219 e. The molecule has 0 bridgehead atoms. The Balaban J connectivity index is 2.07. The molecule has 2 aromatic rings. The van der Waals surface area contributed by atoms with Crippen molar-refractivity contribution in [3.63, 3.8) is 0 Å². The van der Waals surface area contributed by atoms with E-state index in [1.807, 2.05) is 12.1 Å². The first-order valence-electron chi connectivity index (χ1n) is 6.47. The zero-order valence-electron chi connectivity index (χ0n) is 11.2. The zero-order chi connectivity index (χ0) is 14.4. The maximum absolute atomic E-state index is 13.0. The summed E-state index contributed by atoms with van der Waals surface area (Å²) in [7, 11) is 0. The molecule has 0 aliphatic carbocycles. The van der Waals surface area contributed by atoms with Crippen molar-refractivity contribution in [2.45, 2.75) is 19.9 Å². The van der Waals surface area contributed by atoms with Crippen LogP contribution in [0.5, 0.6) is 11.6 Å². The second-order valence-electron chi connectivity index (χ2n) is 4.36. The number of hydrogen-bond acceptors (Lipinski definition) is 3. The van der Waals surface area contributed by atoms with E-state index in [2.05, 4.69) is 33.2 Å². The molecule has 0 saturated carbocycles. The molecule has 0 radical (unpaired) electrons. The Morgan fingerprint density at radius 3 is 2.90 bits per heavy atom. The van der Waals surface area contributed by atoms with Gasteiger partial charge in [-0.25, -0.2) is 9.37 Å². The van der Waals surface area contributed by atoms with E-state index in [1.165, 1.54) is 12.1 Å². The number of rotatable bonds is 6. The molecule has 1 aromatic carbocycles. The molecule has 106 valence electrons. The monoisotopic (exact) mass is 338 g/mol. The lowest BCUT2D eigenvalue weighted by molar-refractivity contribution is 0.457. The van der Waals surface area contributed by atoms with Crippen LogP contribution in [-0.4, -0.2) is 11.5 Å². The minimum atomic E-state index is -0.310. The van der Waals surface area contributed by atoms with E-state index in [0.29, 0.717) is 16.1 Å². The predicted molar refractivity (Wildman–Crippen MR) is 80.4 cm³/mol. The molecule has 20 heavy (non-hydrogen) atoms. The fourth-order valence-corrected chi connectivity index (χ4v) is 2.13. The van der Waals surface area contributed by atoms with Crippen LogP contribution in [0.4, 0.5) is 4.39 Å². The van der Waals surface area contributed by atoms with Crippen LogP contribution in [0.2, 0.25) is 0 Å². The summed E-state index contributed by atoms with van der Waals surface area (Å²) >= 11 is 3.27. The fraction of sp³-hybridized carbons (Fsp3) is 0.267. The second-order valence-corrected chi connectivity index (χ2v) is 5.21. The summed E-state index contributed by atoms with van der Waals surface area (Å²) in [6.45, 7) is 3.87. The van der Waals surface area contributed by atoms with Crippen molar-refractivity contribution >= 4 is 15.9 Å². The van der Waals surface area contributed by atoms with Gasteiger partial charge in [0.15, 0.2) is 0 Å². The van der Waals surface area contributed by atoms with Gasteiger partial charge in [-0.2, -0.15) is 0 Å². The number of hydrogen-bond donors (Lipinski definition) is 1. The molecule has 1 N–H and O–H groups in total. The number of ether oxygens (including phenoxy) is 1. The summed E-state index contributed by atoms with van der Waals surface area (Å²) < 4.78 is 19.2. The van der Waals surface area contributed by atoms with Crippen LogP contribution < -0.4 is 10.1 Å². The van der Waals surface area contributed by atoms with E-state index in [9.17, 15) is 4.39 Å². The van der Waals surface area contributed by atoms with Crippen molar-refractivity contribution in [2.24, 2.45) is 0 Å². The average molecular weight is 339 g/mol. The van der Waals surface area contributed by atoms with Gasteiger partial charge in [-0.05, 0) is 58.7 Å². The highest BCUT2D eigenvalue weighted by molar-refractivity contribution is 9.10. The van der Waals surface area contributed by atoms with Crippen LogP contribution in [0.15, 0.2) is 41.0 Å². The van der Waals surface area contributed by atoms with Crippen molar-refractivity contribution in [2.75, 3.05) is 6.54 Å². The van der Waals surface area contributed by atoms with E-state index in [1.54, 1.807) is 12.3 Å². The van der Waals surface area contributed by atoms with Gasteiger partial charge in [0.05, 0.1) is 4.47 Å². The lowest BCUT2D eigenvalue weighted by Gasteiger charge is -2.08. The van der Waals surface area contributed by atoms with Gasteiger partial charge in [-0.1, -0.05) is 6.92 Å². The molecule has 1 heterocycles. The van der Waals surface area contributed by atoms with Crippen molar-refractivity contribution in [3.8, 4) is 11.6 Å². The van der Waals surface area contributed by atoms with Gasteiger partial charge >= 0.3 is 0 Å². The summed E-state index contributed by atoms with van der Waals surface area (Å²) in [5.41, 5.74) is 1.10. The third-order valence-electron chi connectivity index (χ3n) is 2.66. The second kappa shape index (κ2) is 7.36. The van der Waals surface area contributed by atoms with Crippen LogP contribution >= 0.6 is 15.9 Å².